The molecule has 2 atom stereocenters. The number of thiocarbonyl (C=S) groups is 1. The number of hydrogen-bond acceptors (Lipinski definition) is 2. The predicted octanol–water partition coefficient (Wildman–Crippen LogP) is 1.38. The van der Waals surface area contributed by atoms with Crippen molar-refractivity contribution in [3.63, 3.8) is 0 Å². The zero-order chi connectivity index (χ0) is 9.84. The number of nitrogens with zero attached hydrogens (tertiary/aromatic N) is 1. The molecule has 0 bridgehead atoms. The summed E-state index contributed by atoms with van der Waals surface area (Å²) in [6.07, 6.45) is 1.10. The average molecular weight is 200 g/mol. The molecule has 0 spiro atoms. The van der Waals surface area contributed by atoms with Crippen LogP contribution in [0.5, 0.6) is 0 Å². The molecule has 0 amide bonds. The summed E-state index contributed by atoms with van der Waals surface area (Å²) in [4.78, 5) is 4.31. The minimum Gasteiger partial charge on any atom is -0.381 e. The lowest BCUT2D eigenvalue weighted by molar-refractivity contribution is 0.123. The van der Waals surface area contributed by atoms with Crippen molar-refractivity contribution in [1.82, 2.24) is 5.32 Å². The van der Waals surface area contributed by atoms with Gasteiger partial charge in [0.25, 0.3) is 0 Å². The molecule has 4 heteroatoms. The molecule has 1 aliphatic rings. The fourth-order valence-electron chi connectivity index (χ4n) is 1.26. The van der Waals surface area contributed by atoms with Crippen molar-refractivity contribution in [2.45, 2.75) is 26.4 Å². The number of rotatable bonds is 3. The van der Waals surface area contributed by atoms with E-state index in [0.717, 1.165) is 18.7 Å². The molecule has 0 aromatic heterocycles. The molecule has 1 aliphatic heterocycles. The molecule has 0 aliphatic carbocycles. The van der Waals surface area contributed by atoms with E-state index in [4.69, 9.17) is 17.0 Å². The Hall–Kier alpha value is -0.480. The average Bonchev–Trinajstić information content (AvgIpc) is 2.11. The highest BCUT2D eigenvalue weighted by molar-refractivity contribution is 7.80. The Labute approximate surface area is 84.6 Å². The van der Waals surface area contributed by atoms with Gasteiger partial charge in [0.2, 0.25) is 0 Å². The standard InChI is InChI=1S/C9H16N2OS/c1-6-5-10-9(13)11-8(6)4-7(2)12-3/h6-7H,4-5H2,1-3H3,(H,10,13). The third kappa shape index (κ3) is 3.04. The maximum absolute atomic E-state index is 5.19. The van der Waals surface area contributed by atoms with Gasteiger partial charge in [-0.25, -0.2) is 4.99 Å². The molecule has 1 heterocycles. The lowest BCUT2D eigenvalue weighted by Crippen LogP contribution is -2.37. The SMILES string of the molecule is COC(C)CC1=NC(=S)NCC1C. The molecule has 1 N–H and O–H groups in total. The van der Waals surface area contributed by atoms with Gasteiger partial charge in [-0.2, -0.15) is 0 Å². The van der Waals surface area contributed by atoms with Crippen molar-refractivity contribution in [1.29, 1.82) is 0 Å². The third-order valence-electron chi connectivity index (χ3n) is 2.27. The Bertz CT molecular complexity index is 228. The second-order valence-corrected chi connectivity index (χ2v) is 3.83. The number of methoxy groups -OCH3 is 1. The van der Waals surface area contributed by atoms with Gasteiger partial charge < -0.3 is 10.1 Å². The third-order valence-corrected chi connectivity index (χ3v) is 2.51. The molecule has 0 saturated heterocycles. The van der Waals surface area contributed by atoms with Gasteiger partial charge in [0.1, 0.15) is 0 Å². The van der Waals surface area contributed by atoms with Gasteiger partial charge in [0.15, 0.2) is 5.11 Å². The van der Waals surface area contributed by atoms with Crippen LogP contribution < -0.4 is 5.32 Å². The van der Waals surface area contributed by atoms with E-state index in [0.29, 0.717) is 11.0 Å². The maximum atomic E-state index is 5.19. The summed E-state index contributed by atoms with van der Waals surface area (Å²) in [5.74, 6) is 0.462. The molecule has 1 rings (SSSR count). The van der Waals surface area contributed by atoms with Crippen molar-refractivity contribution in [3.05, 3.63) is 0 Å². The zero-order valence-electron chi connectivity index (χ0n) is 8.33. The largest absolute Gasteiger partial charge is 0.381 e. The van der Waals surface area contributed by atoms with Gasteiger partial charge in [-0.3, -0.25) is 0 Å². The molecule has 3 nitrogen and oxygen atoms in total. The highest BCUT2D eigenvalue weighted by Crippen LogP contribution is 2.10. The van der Waals surface area contributed by atoms with E-state index in [1.807, 2.05) is 6.92 Å². The van der Waals surface area contributed by atoms with Crippen molar-refractivity contribution < 1.29 is 4.74 Å². The molecular weight excluding hydrogens is 184 g/mol. The van der Waals surface area contributed by atoms with E-state index < -0.39 is 0 Å². The molecule has 0 saturated carbocycles. The van der Waals surface area contributed by atoms with E-state index in [1.54, 1.807) is 7.11 Å². The van der Waals surface area contributed by atoms with Crippen LogP contribution in [0.25, 0.3) is 0 Å². The molecule has 74 valence electrons. The molecule has 2 unspecified atom stereocenters. The normalized spacial score (nSPS) is 25.0. The summed E-state index contributed by atoms with van der Waals surface area (Å²) in [5, 5.41) is 3.66. The summed E-state index contributed by atoms with van der Waals surface area (Å²) in [6, 6.07) is 0. The molecule has 0 radical (unpaired) electrons. The van der Waals surface area contributed by atoms with Crippen LogP contribution in [0.1, 0.15) is 20.3 Å². The Morgan fingerprint density at radius 1 is 1.77 bits per heavy atom. The lowest BCUT2D eigenvalue weighted by Gasteiger charge is -2.22. The summed E-state index contributed by atoms with van der Waals surface area (Å²) in [7, 11) is 1.72. The van der Waals surface area contributed by atoms with Crippen LogP contribution in [-0.2, 0) is 4.74 Å². The number of ether oxygens (including phenoxy) is 1. The van der Waals surface area contributed by atoms with E-state index >= 15 is 0 Å². The molecule has 0 aromatic rings. The topological polar surface area (TPSA) is 33.6 Å². The monoisotopic (exact) mass is 200 g/mol. The first kappa shape index (κ1) is 10.6. The van der Waals surface area contributed by atoms with E-state index in [2.05, 4.69) is 17.2 Å². The van der Waals surface area contributed by atoms with Crippen molar-refractivity contribution in [2.75, 3.05) is 13.7 Å². The quantitative estimate of drug-likeness (QED) is 0.699. The van der Waals surface area contributed by atoms with Crippen LogP contribution in [0.3, 0.4) is 0 Å². The smallest absolute Gasteiger partial charge is 0.192 e. The van der Waals surface area contributed by atoms with Gasteiger partial charge in [-0.1, -0.05) is 6.92 Å². The van der Waals surface area contributed by atoms with Gasteiger partial charge in [0.05, 0.1) is 6.10 Å². The molecule has 0 aromatic carbocycles. The van der Waals surface area contributed by atoms with E-state index in [-0.39, 0.29) is 6.10 Å². The molecule has 13 heavy (non-hydrogen) atoms. The minimum atomic E-state index is 0.224. The van der Waals surface area contributed by atoms with Gasteiger partial charge >= 0.3 is 0 Å². The molecular formula is C9H16N2OS. The number of aliphatic imine (C=N–C) groups is 1. The van der Waals surface area contributed by atoms with E-state index in [9.17, 15) is 0 Å². The first-order valence-electron chi connectivity index (χ1n) is 4.51. The summed E-state index contributed by atoms with van der Waals surface area (Å²) in [5.41, 5.74) is 1.15. The number of hydrogen-bond donors (Lipinski definition) is 1. The maximum Gasteiger partial charge on any atom is 0.192 e. The van der Waals surface area contributed by atoms with Crippen LogP contribution in [0, 0.1) is 5.92 Å². The van der Waals surface area contributed by atoms with Crippen molar-refractivity contribution in [3.8, 4) is 0 Å². The highest BCUT2D eigenvalue weighted by Gasteiger charge is 2.18. The fourth-order valence-corrected chi connectivity index (χ4v) is 1.46. The minimum absolute atomic E-state index is 0.224. The van der Waals surface area contributed by atoms with Crippen molar-refractivity contribution in [2.24, 2.45) is 10.9 Å². The first-order chi connectivity index (χ1) is 6.13. The van der Waals surface area contributed by atoms with E-state index in [1.165, 1.54) is 0 Å². The van der Waals surface area contributed by atoms with Crippen LogP contribution in [0.2, 0.25) is 0 Å². The summed E-state index contributed by atoms with van der Waals surface area (Å²) >= 11 is 4.99. The lowest BCUT2D eigenvalue weighted by atomic mass is 9.99. The predicted molar refractivity (Wildman–Crippen MR) is 58.3 cm³/mol. The summed E-state index contributed by atoms with van der Waals surface area (Å²) < 4.78 is 5.19. The first-order valence-corrected chi connectivity index (χ1v) is 4.92. The second kappa shape index (κ2) is 4.67. The van der Waals surface area contributed by atoms with Crippen LogP contribution >= 0.6 is 12.2 Å². The second-order valence-electron chi connectivity index (χ2n) is 3.44. The van der Waals surface area contributed by atoms with Gasteiger partial charge in [-0.05, 0) is 19.1 Å². The van der Waals surface area contributed by atoms with Gasteiger partial charge in [-0.15, -0.1) is 0 Å². The zero-order valence-corrected chi connectivity index (χ0v) is 9.15. The van der Waals surface area contributed by atoms with Crippen LogP contribution in [0.4, 0.5) is 0 Å². The van der Waals surface area contributed by atoms with Crippen molar-refractivity contribution >= 4 is 23.0 Å². The fraction of sp³-hybridized carbons (Fsp3) is 0.778. The Kier molecular flexibility index (Phi) is 3.81. The van der Waals surface area contributed by atoms with Crippen LogP contribution in [-0.4, -0.2) is 30.6 Å². The van der Waals surface area contributed by atoms with Crippen LogP contribution in [0.15, 0.2) is 4.99 Å². The highest BCUT2D eigenvalue weighted by atomic mass is 32.1. The number of nitrogens with one attached hydrogen (secondary N) is 1. The Morgan fingerprint density at radius 3 is 3.08 bits per heavy atom. The Morgan fingerprint density at radius 2 is 2.46 bits per heavy atom. The summed E-state index contributed by atoms with van der Waals surface area (Å²) in [6.45, 7) is 5.09. The molecule has 0 fully saturated rings. The van der Waals surface area contributed by atoms with Gasteiger partial charge in [0, 0.05) is 31.7 Å². The Balaban J connectivity index is 2.60.